The molecule has 0 saturated heterocycles. The fourth-order valence-electron chi connectivity index (χ4n) is 3.83. The van der Waals surface area contributed by atoms with Crippen LogP contribution in [0, 0.1) is 6.92 Å². The second kappa shape index (κ2) is 14.0. The molecule has 4 aromatic rings. The molecule has 3 amide bonds. The smallest absolute Gasteiger partial charge is 0.324 e. The van der Waals surface area contributed by atoms with Gasteiger partial charge in [0, 0.05) is 31.5 Å². The molecule has 0 saturated carbocycles. The number of aromatic nitrogens is 3. The maximum atomic E-state index is 13.0. The molecule has 0 radical (unpaired) electrons. The SMILES string of the molecule is CCCCc1cc(NC(=O)Nc2cc(Cl)c(Oc3ccnc(NC(=O)COC)c3)cc2Cl)n(-c2ccc(C)cc2)n1. The van der Waals surface area contributed by atoms with Crippen molar-refractivity contribution in [2.75, 3.05) is 29.7 Å². The second-order valence-electron chi connectivity index (χ2n) is 9.17. The highest BCUT2D eigenvalue weighted by atomic mass is 35.5. The Morgan fingerprint density at radius 1 is 0.976 bits per heavy atom. The Morgan fingerprint density at radius 2 is 1.76 bits per heavy atom. The summed E-state index contributed by atoms with van der Waals surface area (Å²) < 4.78 is 12.4. The molecule has 0 aliphatic rings. The zero-order valence-electron chi connectivity index (χ0n) is 22.8. The lowest BCUT2D eigenvalue weighted by molar-refractivity contribution is -0.119. The number of hydrogen-bond acceptors (Lipinski definition) is 6. The number of ether oxygens (including phenoxy) is 2. The van der Waals surface area contributed by atoms with Gasteiger partial charge in [0.1, 0.15) is 29.7 Å². The predicted octanol–water partition coefficient (Wildman–Crippen LogP) is 7.25. The van der Waals surface area contributed by atoms with E-state index in [9.17, 15) is 9.59 Å². The van der Waals surface area contributed by atoms with E-state index in [-0.39, 0.29) is 39.8 Å². The Hall–Kier alpha value is -4.12. The van der Waals surface area contributed by atoms with E-state index in [1.165, 1.54) is 31.5 Å². The lowest BCUT2D eigenvalue weighted by atomic mass is 10.2. The number of pyridine rings is 1. The molecule has 12 heteroatoms. The highest BCUT2D eigenvalue weighted by Crippen LogP contribution is 2.37. The molecule has 0 aliphatic carbocycles. The van der Waals surface area contributed by atoms with Crippen LogP contribution in [0.4, 0.5) is 22.1 Å². The fraction of sp³-hybridized carbons (Fsp3) is 0.241. The molecule has 0 bridgehead atoms. The van der Waals surface area contributed by atoms with Gasteiger partial charge in [-0.15, -0.1) is 0 Å². The molecule has 2 aromatic carbocycles. The number of amides is 3. The number of halogens is 2. The maximum Gasteiger partial charge on any atom is 0.324 e. The van der Waals surface area contributed by atoms with E-state index in [4.69, 9.17) is 37.8 Å². The number of hydrogen-bond donors (Lipinski definition) is 3. The third kappa shape index (κ3) is 8.20. The highest BCUT2D eigenvalue weighted by Gasteiger charge is 2.16. The number of aryl methyl sites for hydroxylation is 2. The third-order valence-electron chi connectivity index (χ3n) is 5.84. The van der Waals surface area contributed by atoms with Crippen LogP contribution < -0.4 is 20.7 Å². The number of urea groups is 1. The molecule has 4 rings (SSSR count). The van der Waals surface area contributed by atoms with Gasteiger partial charge in [0.15, 0.2) is 0 Å². The van der Waals surface area contributed by atoms with Crippen LogP contribution in [0.2, 0.25) is 10.0 Å². The van der Waals surface area contributed by atoms with E-state index in [2.05, 4.69) is 27.9 Å². The van der Waals surface area contributed by atoms with Crippen molar-refractivity contribution in [3.05, 3.63) is 82.1 Å². The Labute approximate surface area is 248 Å². The summed E-state index contributed by atoms with van der Waals surface area (Å²) >= 11 is 12.9. The summed E-state index contributed by atoms with van der Waals surface area (Å²) in [6.07, 6.45) is 4.30. The molecule has 2 aromatic heterocycles. The lowest BCUT2D eigenvalue weighted by Crippen LogP contribution is -2.21. The van der Waals surface area contributed by atoms with Gasteiger partial charge in [-0.05, 0) is 44.0 Å². The number of benzene rings is 2. The van der Waals surface area contributed by atoms with Crippen molar-refractivity contribution in [2.45, 2.75) is 33.1 Å². The molecular formula is C29H30Cl2N6O4. The second-order valence-corrected chi connectivity index (χ2v) is 9.99. The van der Waals surface area contributed by atoms with Gasteiger partial charge in [-0.25, -0.2) is 14.5 Å². The summed E-state index contributed by atoms with van der Waals surface area (Å²) in [6.45, 7) is 4.02. The molecule has 41 heavy (non-hydrogen) atoms. The van der Waals surface area contributed by atoms with Crippen LogP contribution in [-0.4, -0.2) is 40.4 Å². The van der Waals surface area contributed by atoms with Crippen LogP contribution in [-0.2, 0) is 16.0 Å². The van der Waals surface area contributed by atoms with Crippen molar-refractivity contribution < 1.29 is 19.1 Å². The van der Waals surface area contributed by atoms with Gasteiger partial charge in [0.05, 0.1) is 27.1 Å². The minimum absolute atomic E-state index is 0.107. The van der Waals surface area contributed by atoms with Gasteiger partial charge in [0.2, 0.25) is 0 Å². The predicted molar refractivity (Wildman–Crippen MR) is 161 cm³/mol. The molecule has 2 heterocycles. The number of nitrogens with zero attached hydrogens (tertiary/aromatic N) is 3. The van der Waals surface area contributed by atoms with Crippen LogP contribution in [0.15, 0.2) is 60.8 Å². The summed E-state index contributed by atoms with van der Waals surface area (Å²) in [7, 11) is 1.42. The molecule has 214 valence electrons. The van der Waals surface area contributed by atoms with Gasteiger partial charge >= 0.3 is 6.03 Å². The van der Waals surface area contributed by atoms with Crippen molar-refractivity contribution in [1.29, 1.82) is 0 Å². The summed E-state index contributed by atoms with van der Waals surface area (Å²) in [6, 6.07) is 15.3. The van der Waals surface area contributed by atoms with E-state index in [0.717, 1.165) is 36.2 Å². The largest absolute Gasteiger partial charge is 0.456 e. The van der Waals surface area contributed by atoms with Gasteiger partial charge in [-0.2, -0.15) is 5.10 Å². The van der Waals surface area contributed by atoms with Crippen LogP contribution in [0.5, 0.6) is 11.5 Å². The number of carbonyl (C=O) groups is 2. The molecule has 0 unspecified atom stereocenters. The van der Waals surface area contributed by atoms with Crippen LogP contribution in [0.25, 0.3) is 5.69 Å². The number of carbonyl (C=O) groups excluding carboxylic acids is 2. The maximum absolute atomic E-state index is 13.0. The van der Waals surface area contributed by atoms with Crippen molar-refractivity contribution in [2.24, 2.45) is 0 Å². The zero-order valence-corrected chi connectivity index (χ0v) is 24.3. The number of nitrogens with one attached hydrogen (secondary N) is 3. The Kier molecular flexibility index (Phi) is 10.2. The van der Waals surface area contributed by atoms with Crippen molar-refractivity contribution in [3.63, 3.8) is 0 Å². The highest BCUT2D eigenvalue weighted by molar-refractivity contribution is 6.36. The van der Waals surface area contributed by atoms with Crippen LogP contribution >= 0.6 is 23.2 Å². The van der Waals surface area contributed by atoms with Crippen molar-refractivity contribution in [3.8, 4) is 17.2 Å². The van der Waals surface area contributed by atoms with Gasteiger partial charge in [0.25, 0.3) is 5.91 Å². The first-order valence-corrected chi connectivity index (χ1v) is 13.7. The van der Waals surface area contributed by atoms with E-state index in [0.29, 0.717) is 11.6 Å². The first-order valence-electron chi connectivity index (χ1n) is 12.9. The minimum atomic E-state index is -0.516. The number of unbranched alkanes of at least 4 members (excludes halogenated alkanes) is 1. The van der Waals surface area contributed by atoms with Gasteiger partial charge in [-0.3, -0.25) is 10.1 Å². The molecule has 3 N–H and O–H groups in total. The Morgan fingerprint density at radius 3 is 2.49 bits per heavy atom. The summed E-state index contributed by atoms with van der Waals surface area (Å²) in [5.41, 5.74) is 3.12. The fourth-order valence-corrected chi connectivity index (χ4v) is 4.24. The standard InChI is InChI=1S/C29H30Cl2N6O4/c1-4-5-6-19-13-27(37(36-19)20-9-7-18(2)8-10-20)35-29(39)33-24-15-23(31)25(16-22(24)30)41-21-11-12-32-26(14-21)34-28(38)17-40-3/h7-16H,4-6,17H2,1-3H3,(H,32,34,38)(H2,33,35,39). The van der Waals surface area contributed by atoms with Crippen molar-refractivity contribution in [1.82, 2.24) is 14.8 Å². The van der Waals surface area contributed by atoms with Crippen LogP contribution in [0.1, 0.15) is 31.0 Å². The number of anilines is 3. The van der Waals surface area contributed by atoms with E-state index >= 15 is 0 Å². The normalized spacial score (nSPS) is 10.8. The van der Waals surface area contributed by atoms with Crippen LogP contribution in [0.3, 0.4) is 0 Å². The molecular weight excluding hydrogens is 567 g/mol. The average molecular weight is 598 g/mol. The monoisotopic (exact) mass is 596 g/mol. The average Bonchev–Trinajstić information content (AvgIpc) is 3.33. The topological polar surface area (TPSA) is 119 Å². The third-order valence-corrected chi connectivity index (χ3v) is 6.45. The minimum Gasteiger partial charge on any atom is -0.456 e. The first kappa shape index (κ1) is 29.9. The quantitative estimate of drug-likeness (QED) is 0.168. The Balaban J connectivity index is 1.48. The molecule has 0 spiro atoms. The van der Waals surface area contributed by atoms with E-state index < -0.39 is 6.03 Å². The lowest BCUT2D eigenvalue weighted by Gasteiger charge is -2.14. The van der Waals surface area contributed by atoms with Gasteiger partial charge < -0.3 is 20.1 Å². The summed E-state index contributed by atoms with van der Waals surface area (Å²) in [5, 5.41) is 13.3. The number of rotatable bonds is 11. The van der Waals surface area contributed by atoms with E-state index in [1.807, 2.05) is 37.3 Å². The summed E-state index contributed by atoms with van der Waals surface area (Å²) in [4.78, 5) is 28.9. The van der Waals surface area contributed by atoms with Crippen molar-refractivity contribution >= 4 is 52.5 Å². The number of methoxy groups -OCH3 is 1. The molecule has 0 fully saturated rings. The van der Waals surface area contributed by atoms with E-state index in [1.54, 1.807) is 10.7 Å². The summed E-state index contributed by atoms with van der Waals surface area (Å²) in [5.74, 6) is 1.06. The molecule has 0 aliphatic heterocycles. The molecule has 0 atom stereocenters. The van der Waals surface area contributed by atoms with Gasteiger partial charge in [-0.1, -0.05) is 54.2 Å². The first-order chi connectivity index (χ1) is 19.7. The molecule has 10 nitrogen and oxygen atoms in total. The zero-order chi connectivity index (χ0) is 29.4. The Bertz CT molecular complexity index is 1520.